The Balaban J connectivity index is 1.56. The molecule has 0 fully saturated rings. The van der Waals surface area contributed by atoms with Crippen molar-refractivity contribution in [1.82, 2.24) is 30.4 Å². The van der Waals surface area contributed by atoms with Crippen LogP contribution in [0.5, 0.6) is 0 Å². The van der Waals surface area contributed by atoms with Crippen molar-refractivity contribution in [2.24, 2.45) is 11.5 Å². The summed E-state index contributed by atoms with van der Waals surface area (Å²) in [6.07, 6.45) is 3.63. The number of rotatable bonds is 10. The van der Waals surface area contributed by atoms with Crippen molar-refractivity contribution in [1.29, 1.82) is 0 Å². The lowest BCUT2D eigenvalue weighted by Crippen LogP contribution is -2.15. The summed E-state index contributed by atoms with van der Waals surface area (Å²) in [5, 5.41) is 12.7. The number of H-pyrrole nitrogens is 2. The predicted octanol–water partition coefficient (Wildman–Crippen LogP) is 0.0934. The van der Waals surface area contributed by atoms with E-state index in [0.29, 0.717) is 24.5 Å². The highest BCUT2D eigenvalue weighted by Gasteiger charge is 2.22. The van der Waals surface area contributed by atoms with Gasteiger partial charge in [-0.3, -0.25) is 10.2 Å². The Morgan fingerprint density at radius 1 is 1.00 bits per heavy atom. The van der Waals surface area contributed by atoms with Gasteiger partial charge in [-0.15, -0.1) is 9.05 Å². The second-order valence-corrected chi connectivity index (χ2v) is 5.39. The van der Waals surface area contributed by atoms with Gasteiger partial charge < -0.3 is 11.5 Å². The highest BCUT2D eigenvalue weighted by Crippen LogP contribution is 2.25. The van der Waals surface area contributed by atoms with E-state index in [-0.39, 0.29) is 25.3 Å². The van der Waals surface area contributed by atoms with Crippen molar-refractivity contribution in [3.8, 4) is 0 Å². The number of hydrogen-bond donors (Lipinski definition) is 4. The lowest BCUT2D eigenvalue weighted by Gasteiger charge is -2.05. The van der Waals surface area contributed by atoms with Crippen LogP contribution in [0.2, 0.25) is 0 Å². The molecule has 22 heavy (non-hydrogen) atoms. The zero-order valence-corrected chi connectivity index (χ0v) is 12.6. The first-order valence-electron chi connectivity index (χ1n) is 6.61. The minimum atomic E-state index is -2.21. The van der Waals surface area contributed by atoms with Crippen molar-refractivity contribution >= 4 is 8.25 Å². The van der Waals surface area contributed by atoms with Gasteiger partial charge >= 0.3 is 8.25 Å². The van der Waals surface area contributed by atoms with Crippen molar-refractivity contribution < 1.29 is 13.6 Å². The van der Waals surface area contributed by atoms with Gasteiger partial charge in [0.05, 0.1) is 12.1 Å². The second-order valence-electron chi connectivity index (χ2n) is 4.42. The average Bonchev–Trinajstić information content (AvgIpc) is 3.20. The first-order chi connectivity index (χ1) is 10.7. The first kappa shape index (κ1) is 16.6. The summed E-state index contributed by atoms with van der Waals surface area (Å²) in [4.78, 5) is 7.86. The maximum Gasteiger partial charge on any atom is 0.697 e. The van der Waals surface area contributed by atoms with Crippen molar-refractivity contribution in [2.45, 2.75) is 24.9 Å². The van der Waals surface area contributed by atoms with Gasteiger partial charge in [-0.05, 0) is 12.8 Å². The number of nitrogens with one attached hydrogen (secondary N) is 2. The van der Waals surface area contributed by atoms with Gasteiger partial charge in [0.25, 0.3) is 0 Å². The summed E-state index contributed by atoms with van der Waals surface area (Å²) in [6, 6.07) is -0.712. The van der Waals surface area contributed by atoms with E-state index in [2.05, 4.69) is 30.4 Å². The van der Waals surface area contributed by atoms with Crippen LogP contribution in [0.15, 0.2) is 12.7 Å². The van der Waals surface area contributed by atoms with Crippen molar-refractivity contribution in [2.75, 3.05) is 13.2 Å². The van der Waals surface area contributed by atoms with E-state index >= 15 is 0 Å². The highest BCUT2D eigenvalue weighted by atomic mass is 31.1. The summed E-state index contributed by atoms with van der Waals surface area (Å²) < 4.78 is 21.6. The Bertz CT molecular complexity index is 500. The van der Waals surface area contributed by atoms with Gasteiger partial charge in [0.15, 0.2) is 0 Å². The summed E-state index contributed by atoms with van der Waals surface area (Å²) in [6.45, 7) is 0.371. The molecule has 0 radical (unpaired) electrons. The van der Waals surface area contributed by atoms with Gasteiger partial charge in [-0.25, -0.2) is 9.97 Å². The Morgan fingerprint density at radius 3 is 1.82 bits per heavy atom. The molecule has 2 rings (SSSR count). The minimum Gasteiger partial charge on any atom is -0.321 e. The molecule has 2 unspecified atom stereocenters. The number of nitrogens with zero attached hydrogens (tertiary/aromatic N) is 4. The fourth-order valence-electron chi connectivity index (χ4n) is 1.61. The molecule has 0 aromatic carbocycles. The minimum absolute atomic E-state index is 0.186. The molecule has 12 heteroatoms. The maximum atomic E-state index is 11.5. The topological polar surface area (TPSA) is 171 Å². The Labute approximate surface area is 127 Å². The predicted molar refractivity (Wildman–Crippen MR) is 75.4 cm³/mol. The van der Waals surface area contributed by atoms with E-state index in [1.165, 1.54) is 12.7 Å². The number of aromatic amines is 2. The van der Waals surface area contributed by atoms with Crippen LogP contribution >= 0.6 is 8.25 Å². The zero-order chi connectivity index (χ0) is 15.8. The monoisotopic (exact) mass is 329 g/mol. The molecule has 2 aromatic heterocycles. The van der Waals surface area contributed by atoms with Crippen molar-refractivity contribution in [3.05, 3.63) is 24.3 Å². The molecule has 11 nitrogen and oxygen atoms in total. The number of aromatic nitrogens is 6. The molecule has 2 heterocycles. The molecule has 0 spiro atoms. The summed E-state index contributed by atoms with van der Waals surface area (Å²) >= 11 is 0. The van der Waals surface area contributed by atoms with E-state index in [1.807, 2.05) is 0 Å². The first-order valence-corrected chi connectivity index (χ1v) is 7.71. The molecular weight excluding hydrogens is 311 g/mol. The third kappa shape index (κ3) is 5.20. The summed E-state index contributed by atoms with van der Waals surface area (Å²) in [7, 11) is -2.21. The lowest BCUT2D eigenvalue weighted by molar-refractivity contribution is 0.213. The van der Waals surface area contributed by atoms with Crippen LogP contribution in [0.25, 0.3) is 0 Å². The van der Waals surface area contributed by atoms with E-state index < -0.39 is 8.25 Å². The van der Waals surface area contributed by atoms with Gasteiger partial charge in [-0.2, -0.15) is 10.2 Å². The summed E-state index contributed by atoms with van der Waals surface area (Å²) in [5.41, 5.74) is 11.7. The number of nitrogens with two attached hydrogens (primary N) is 2. The average molecular weight is 329 g/mol. The third-order valence-corrected chi connectivity index (χ3v) is 3.61. The molecule has 0 saturated heterocycles. The smallest absolute Gasteiger partial charge is 0.321 e. The molecule has 0 aliphatic carbocycles. The van der Waals surface area contributed by atoms with E-state index in [4.69, 9.17) is 20.5 Å². The molecule has 6 N–H and O–H groups in total. The molecule has 120 valence electrons. The molecule has 2 aromatic rings. The normalized spacial score (nSPS) is 14.7. The zero-order valence-electron chi connectivity index (χ0n) is 11.8. The molecule has 0 saturated carbocycles. The fourth-order valence-corrected chi connectivity index (χ4v) is 2.19. The SMILES string of the molecule is NC(CCO[P+](=O)OCCC(N)c1ncn[nH]1)c1ncn[nH]1. The van der Waals surface area contributed by atoms with Crippen LogP contribution < -0.4 is 11.5 Å². The quantitative estimate of drug-likeness (QED) is 0.441. The Hall–Kier alpha value is -1.78. The van der Waals surface area contributed by atoms with Crippen molar-refractivity contribution in [3.63, 3.8) is 0 Å². The maximum absolute atomic E-state index is 11.5. The van der Waals surface area contributed by atoms with E-state index in [0.717, 1.165) is 0 Å². The molecule has 0 aliphatic rings. The van der Waals surface area contributed by atoms with E-state index in [1.54, 1.807) is 0 Å². The largest absolute Gasteiger partial charge is 0.697 e. The molecule has 2 atom stereocenters. The standard InChI is InChI=1S/C10H18N8O3P/c11-7(9-13-5-15-17-9)1-3-20-22(19)21-4-2-8(12)10-14-6-16-18-10/h5-8H,1-4,11-12H2,(H,13,15,17)(H,14,16,18)/q+1. The van der Waals surface area contributed by atoms with Crippen LogP contribution in [0, 0.1) is 0 Å². The summed E-state index contributed by atoms with van der Waals surface area (Å²) in [5.74, 6) is 1.11. The molecule has 0 bridgehead atoms. The van der Waals surface area contributed by atoms with Crippen LogP contribution in [0.4, 0.5) is 0 Å². The van der Waals surface area contributed by atoms with Gasteiger partial charge in [0.1, 0.15) is 37.5 Å². The highest BCUT2D eigenvalue weighted by molar-refractivity contribution is 7.33. The van der Waals surface area contributed by atoms with Gasteiger partial charge in [0, 0.05) is 4.57 Å². The molecule has 0 aliphatic heterocycles. The molecular formula is C10H18N8O3P+. The van der Waals surface area contributed by atoms with Gasteiger partial charge in [0.2, 0.25) is 0 Å². The lowest BCUT2D eigenvalue weighted by atomic mass is 10.2. The van der Waals surface area contributed by atoms with Gasteiger partial charge in [-0.1, -0.05) is 0 Å². The Morgan fingerprint density at radius 2 is 1.45 bits per heavy atom. The fraction of sp³-hybridized carbons (Fsp3) is 0.600. The molecule has 0 amide bonds. The second kappa shape index (κ2) is 8.61. The van der Waals surface area contributed by atoms with Crippen LogP contribution in [0.3, 0.4) is 0 Å². The van der Waals surface area contributed by atoms with E-state index in [9.17, 15) is 4.57 Å². The van der Waals surface area contributed by atoms with Crippen LogP contribution in [-0.2, 0) is 13.6 Å². The number of hydrogen-bond acceptors (Lipinski definition) is 9. The third-order valence-electron chi connectivity index (χ3n) is 2.82. The van der Waals surface area contributed by atoms with Crippen LogP contribution in [0.1, 0.15) is 36.6 Å². The Kier molecular flexibility index (Phi) is 6.49. The van der Waals surface area contributed by atoms with Crippen LogP contribution in [-0.4, -0.2) is 43.6 Å².